The van der Waals surface area contributed by atoms with Crippen LogP contribution in [-0.4, -0.2) is 31.4 Å². The van der Waals surface area contributed by atoms with Crippen molar-refractivity contribution in [2.75, 3.05) is 14.2 Å². The maximum Gasteiger partial charge on any atom is 0.389 e. The molecule has 0 bridgehead atoms. The van der Waals surface area contributed by atoms with E-state index in [9.17, 15) is 13.2 Å². The number of nitrogens with zero attached hydrogens (tertiary/aromatic N) is 1. The average Bonchev–Trinajstić information content (AvgIpc) is 2.37. The lowest BCUT2D eigenvalue weighted by atomic mass is 10.0. The molecule has 0 fully saturated rings. The Morgan fingerprint density at radius 1 is 1.37 bits per heavy atom. The summed E-state index contributed by atoms with van der Waals surface area (Å²) in [6.45, 7) is 0. The summed E-state index contributed by atoms with van der Waals surface area (Å²) >= 11 is 0. The second-order valence-electron chi connectivity index (χ2n) is 4.41. The summed E-state index contributed by atoms with van der Waals surface area (Å²) in [6, 6.07) is 3.65. The van der Waals surface area contributed by atoms with Crippen LogP contribution in [0.15, 0.2) is 18.3 Å². The Kier molecular flexibility index (Phi) is 6.08. The molecule has 0 aliphatic carbocycles. The lowest BCUT2D eigenvalue weighted by molar-refractivity contribution is -0.135. The zero-order valence-electron chi connectivity index (χ0n) is 11.1. The summed E-state index contributed by atoms with van der Waals surface area (Å²) in [4.78, 5) is 4.07. The van der Waals surface area contributed by atoms with E-state index >= 15 is 0 Å². The topological polar surface area (TPSA) is 34.1 Å². The third-order valence-corrected chi connectivity index (χ3v) is 2.91. The van der Waals surface area contributed by atoms with Crippen LogP contribution in [0, 0.1) is 0 Å². The van der Waals surface area contributed by atoms with Crippen molar-refractivity contribution in [1.29, 1.82) is 0 Å². The van der Waals surface area contributed by atoms with Gasteiger partial charge in [-0.3, -0.25) is 0 Å². The second kappa shape index (κ2) is 7.33. The molecule has 0 radical (unpaired) electrons. The predicted octanol–water partition coefficient (Wildman–Crippen LogP) is 2.95. The molecule has 6 heteroatoms. The number of pyridine rings is 1. The molecular formula is C13H19F3N2O. The van der Waals surface area contributed by atoms with Gasteiger partial charge in [-0.05, 0) is 31.9 Å². The maximum absolute atomic E-state index is 12.1. The van der Waals surface area contributed by atoms with Crippen LogP contribution in [0.2, 0.25) is 0 Å². The molecule has 0 saturated heterocycles. The number of alkyl halides is 3. The monoisotopic (exact) mass is 276 g/mol. The first-order chi connectivity index (χ1) is 8.94. The van der Waals surface area contributed by atoms with Gasteiger partial charge in [0.2, 0.25) is 5.88 Å². The molecule has 1 rings (SSSR count). The zero-order valence-corrected chi connectivity index (χ0v) is 11.1. The van der Waals surface area contributed by atoms with Crippen molar-refractivity contribution in [3.05, 3.63) is 23.9 Å². The fraction of sp³-hybridized carbons (Fsp3) is 0.615. The van der Waals surface area contributed by atoms with Crippen molar-refractivity contribution >= 4 is 0 Å². The lowest BCUT2D eigenvalue weighted by Gasteiger charge is -2.16. The van der Waals surface area contributed by atoms with Crippen molar-refractivity contribution in [3.8, 4) is 5.88 Å². The van der Waals surface area contributed by atoms with Gasteiger partial charge in [0.1, 0.15) is 0 Å². The minimum Gasteiger partial charge on any atom is -0.481 e. The molecule has 1 unspecified atom stereocenters. The first-order valence-corrected chi connectivity index (χ1v) is 6.17. The van der Waals surface area contributed by atoms with Crippen LogP contribution < -0.4 is 10.1 Å². The Morgan fingerprint density at radius 3 is 2.58 bits per heavy atom. The number of halogens is 3. The molecule has 3 nitrogen and oxygen atoms in total. The van der Waals surface area contributed by atoms with Gasteiger partial charge in [0.15, 0.2) is 0 Å². The summed E-state index contributed by atoms with van der Waals surface area (Å²) in [5, 5.41) is 3.04. The Balaban J connectivity index is 2.42. The van der Waals surface area contributed by atoms with Gasteiger partial charge in [0.25, 0.3) is 0 Å². The van der Waals surface area contributed by atoms with Gasteiger partial charge in [-0.1, -0.05) is 6.07 Å². The number of aromatic nitrogens is 1. The van der Waals surface area contributed by atoms with Gasteiger partial charge in [-0.2, -0.15) is 13.2 Å². The van der Waals surface area contributed by atoms with E-state index in [1.165, 1.54) is 7.11 Å². The molecule has 1 N–H and O–H groups in total. The highest BCUT2D eigenvalue weighted by Crippen LogP contribution is 2.23. The van der Waals surface area contributed by atoms with E-state index in [1.807, 2.05) is 6.07 Å². The Bertz CT molecular complexity index is 365. The molecule has 0 aliphatic rings. The summed E-state index contributed by atoms with van der Waals surface area (Å²) in [6.07, 6.45) is -1.83. The van der Waals surface area contributed by atoms with Gasteiger partial charge in [-0.25, -0.2) is 4.98 Å². The fourth-order valence-corrected chi connectivity index (χ4v) is 1.83. The molecule has 0 aliphatic heterocycles. The summed E-state index contributed by atoms with van der Waals surface area (Å²) in [5.41, 5.74) is 0.979. The number of methoxy groups -OCH3 is 1. The molecule has 0 amide bonds. The van der Waals surface area contributed by atoms with Crippen molar-refractivity contribution in [2.24, 2.45) is 0 Å². The fourth-order valence-electron chi connectivity index (χ4n) is 1.83. The number of hydrogen-bond donors (Lipinski definition) is 1. The Labute approximate surface area is 111 Å². The highest BCUT2D eigenvalue weighted by Gasteiger charge is 2.26. The van der Waals surface area contributed by atoms with Gasteiger partial charge >= 0.3 is 6.18 Å². The largest absolute Gasteiger partial charge is 0.481 e. The molecule has 1 heterocycles. The molecular weight excluding hydrogens is 257 g/mol. The van der Waals surface area contributed by atoms with E-state index in [2.05, 4.69) is 10.3 Å². The van der Waals surface area contributed by atoms with Crippen LogP contribution in [0.4, 0.5) is 13.2 Å². The van der Waals surface area contributed by atoms with Gasteiger partial charge < -0.3 is 10.1 Å². The molecule has 0 saturated carbocycles. The second-order valence-corrected chi connectivity index (χ2v) is 4.41. The van der Waals surface area contributed by atoms with E-state index in [1.54, 1.807) is 19.3 Å². The van der Waals surface area contributed by atoms with Crippen LogP contribution in [0.5, 0.6) is 5.88 Å². The van der Waals surface area contributed by atoms with Crippen molar-refractivity contribution in [2.45, 2.75) is 37.9 Å². The van der Waals surface area contributed by atoms with Gasteiger partial charge in [-0.15, -0.1) is 0 Å². The first kappa shape index (κ1) is 15.8. The summed E-state index contributed by atoms with van der Waals surface area (Å²) in [5.74, 6) is 0.529. The molecule has 1 aromatic rings. The van der Waals surface area contributed by atoms with Crippen LogP contribution >= 0.6 is 0 Å². The van der Waals surface area contributed by atoms with Crippen molar-refractivity contribution in [1.82, 2.24) is 10.3 Å². The normalized spacial score (nSPS) is 13.3. The Morgan fingerprint density at radius 2 is 2.11 bits per heavy atom. The number of hydrogen-bond acceptors (Lipinski definition) is 3. The van der Waals surface area contributed by atoms with Crippen LogP contribution in [0.3, 0.4) is 0 Å². The smallest absolute Gasteiger partial charge is 0.389 e. The molecule has 0 spiro atoms. The summed E-state index contributed by atoms with van der Waals surface area (Å²) < 4.78 is 41.2. The van der Waals surface area contributed by atoms with Crippen LogP contribution in [-0.2, 0) is 6.42 Å². The minimum absolute atomic E-state index is 0.0255. The molecule has 1 aromatic heterocycles. The van der Waals surface area contributed by atoms with E-state index in [0.29, 0.717) is 18.7 Å². The van der Waals surface area contributed by atoms with Crippen molar-refractivity contribution < 1.29 is 17.9 Å². The number of likely N-dealkylation sites (N-methyl/N-ethyl adjacent to an activating group) is 1. The van der Waals surface area contributed by atoms with Gasteiger partial charge in [0, 0.05) is 24.7 Å². The minimum atomic E-state index is -4.07. The average molecular weight is 276 g/mol. The number of rotatable bonds is 7. The van der Waals surface area contributed by atoms with Crippen LogP contribution in [0.1, 0.15) is 24.8 Å². The quantitative estimate of drug-likeness (QED) is 0.831. The standard InChI is InChI=1S/C13H19F3N2O/c1-17-11(4-3-7-13(14,15)16)8-10-5-6-12(19-2)18-9-10/h5-6,9,11,17H,3-4,7-8H2,1-2H3. The molecule has 1 atom stereocenters. The molecule has 108 valence electrons. The maximum atomic E-state index is 12.1. The first-order valence-electron chi connectivity index (χ1n) is 6.17. The highest BCUT2D eigenvalue weighted by atomic mass is 19.4. The number of ether oxygens (including phenoxy) is 1. The van der Waals surface area contributed by atoms with Crippen molar-refractivity contribution in [3.63, 3.8) is 0 Å². The van der Waals surface area contributed by atoms with Crippen LogP contribution in [0.25, 0.3) is 0 Å². The van der Waals surface area contributed by atoms with E-state index in [4.69, 9.17) is 4.74 Å². The number of nitrogens with one attached hydrogen (secondary N) is 1. The Hall–Kier alpha value is -1.30. The highest BCUT2D eigenvalue weighted by molar-refractivity contribution is 5.18. The zero-order chi connectivity index (χ0) is 14.3. The lowest BCUT2D eigenvalue weighted by Crippen LogP contribution is -2.28. The molecule has 0 aromatic carbocycles. The van der Waals surface area contributed by atoms with E-state index < -0.39 is 12.6 Å². The third-order valence-electron chi connectivity index (χ3n) is 2.91. The predicted molar refractivity (Wildman–Crippen MR) is 67.2 cm³/mol. The van der Waals surface area contributed by atoms with E-state index in [-0.39, 0.29) is 12.5 Å². The van der Waals surface area contributed by atoms with E-state index in [0.717, 1.165) is 5.56 Å². The summed E-state index contributed by atoms with van der Waals surface area (Å²) in [7, 11) is 3.30. The SMILES string of the molecule is CNC(CCCC(F)(F)F)Cc1ccc(OC)nc1. The molecule has 19 heavy (non-hydrogen) atoms. The van der Waals surface area contributed by atoms with Gasteiger partial charge in [0.05, 0.1) is 7.11 Å². The third kappa shape index (κ3) is 6.42.